The fourth-order valence-electron chi connectivity index (χ4n) is 1.75. The van der Waals surface area contributed by atoms with Crippen molar-refractivity contribution in [2.45, 2.75) is 13.0 Å². The summed E-state index contributed by atoms with van der Waals surface area (Å²) in [5.41, 5.74) is 11.9. The minimum absolute atomic E-state index is 0.640. The molecular formula is C14H25N3O. The molecule has 102 valence electrons. The van der Waals surface area contributed by atoms with E-state index >= 15 is 0 Å². The first-order valence-corrected chi connectivity index (χ1v) is 6.61. The third kappa shape index (κ3) is 6.71. The van der Waals surface area contributed by atoms with E-state index in [0.717, 1.165) is 45.8 Å². The Bertz CT molecular complexity index is 286. The van der Waals surface area contributed by atoms with Crippen LogP contribution in [0.3, 0.4) is 0 Å². The van der Waals surface area contributed by atoms with Crippen LogP contribution in [-0.2, 0) is 11.3 Å². The molecule has 1 aromatic rings. The highest BCUT2D eigenvalue weighted by molar-refractivity contribution is 5.13. The van der Waals surface area contributed by atoms with Crippen molar-refractivity contribution in [1.29, 1.82) is 0 Å². The predicted molar refractivity (Wildman–Crippen MR) is 75.3 cm³/mol. The molecule has 4 N–H and O–H groups in total. The van der Waals surface area contributed by atoms with Gasteiger partial charge in [-0.05, 0) is 25.1 Å². The standard InChI is InChI=1S/C7H16N2O.C7H9N/c8-2-1-3-9-4-6-10-7-5-9;8-6-7-4-2-1-3-5-7/h1-8H2;1-5H,6,8H2. The van der Waals surface area contributed by atoms with Gasteiger partial charge in [0.25, 0.3) is 0 Å². The van der Waals surface area contributed by atoms with E-state index in [1.807, 2.05) is 30.3 Å². The molecule has 0 atom stereocenters. The quantitative estimate of drug-likeness (QED) is 0.831. The second-order valence-corrected chi connectivity index (χ2v) is 4.29. The molecule has 0 spiro atoms. The number of hydrogen-bond acceptors (Lipinski definition) is 4. The van der Waals surface area contributed by atoms with Crippen LogP contribution in [0.4, 0.5) is 0 Å². The van der Waals surface area contributed by atoms with Gasteiger partial charge in [-0.3, -0.25) is 4.90 Å². The summed E-state index contributed by atoms with van der Waals surface area (Å²) in [6.45, 7) is 6.53. The molecule has 0 bridgehead atoms. The predicted octanol–water partition coefficient (Wildman–Crippen LogP) is 0.813. The van der Waals surface area contributed by atoms with Crippen LogP contribution in [-0.4, -0.2) is 44.3 Å². The van der Waals surface area contributed by atoms with Gasteiger partial charge in [0.05, 0.1) is 13.2 Å². The number of nitrogens with zero attached hydrogens (tertiary/aromatic N) is 1. The third-order valence-corrected chi connectivity index (χ3v) is 2.86. The SMILES string of the molecule is NCCCN1CCOCC1.NCc1ccccc1. The van der Waals surface area contributed by atoms with E-state index < -0.39 is 0 Å². The molecule has 18 heavy (non-hydrogen) atoms. The molecule has 0 saturated carbocycles. The minimum atomic E-state index is 0.640. The summed E-state index contributed by atoms with van der Waals surface area (Å²) < 4.78 is 5.21. The van der Waals surface area contributed by atoms with Crippen molar-refractivity contribution in [3.05, 3.63) is 35.9 Å². The molecule has 0 aromatic heterocycles. The van der Waals surface area contributed by atoms with Gasteiger partial charge in [0.15, 0.2) is 0 Å². The average Bonchev–Trinajstić information content (AvgIpc) is 2.48. The van der Waals surface area contributed by atoms with Gasteiger partial charge < -0.3 is 16.2 Å². The molecule has 1 heterocycles. The van der Waals surface area contributed by atoms with Gasteiger partial charge in [-0.25, -0.2) is 0 Å². The lowest BCUT2D eigenvalue weighted by Gasteiger charge is -2.26. The van der Waals surface area contributed by atoms with Crippen LogP contribution < -0.4 is 11.5 Å². The van der Waals surface area contributed by atoms with Crippen LogP contribution in [0.25, 0.3) is 0 Å². The second-order valence-electron chi connectivity index (χ2n) is 4.29. The van der Waals surface area contributed by atoms with Crippen LogP contribution in [0.15, 0.2) is 30.3 Å². The molecule has 1 aromatic carbocycles. The first-order chi connectivity index (χ1) is 8.86. The maximum absolute atomic E-state index is 5.39. The maximum Gasteiger partial charge on any atom is 0.0594 e. The summed E-state index contributed by atoms with van der Waals surface area (Å²) in [5, 5.41) is 0. The molecule has 2 rings (SSSR count). The Balaban J connectivity index is 0.000000184. The molecule has 0 radical (unpaired) electrons. The van der Waals surface area contributed by atoms with Crippen LogP contribution in [0.1, 0.15) is 12.0 Å². The fourth-order valence-corrected chi connectivity index (χ4v) is 1.75. The number of benzene rings is 1. The van der Waals surface area contributed by atoms with Crippen molar-refractivity contribution in [1.82, 2.24) is 4.90 Å². The van der Waals surface area contributed by atoms with Gasteiger partial charge in [-0.15, -0.1) is 0 Å². The molecule has 4 nitrogen and oxygen atoms in total. The van der Waals surface area contributed by atoms with Gasteiger partial charge in [-0.1, -0.05) is 30.3 Å². The zero-order chi connectivity index (χ0) is 13.1. The molecule has 1 saturated heterocycles. The van der Waals surface area contributed by atoms with Gasteiger partial charge in [0, 0.05) is 19.6 Å². The molecule has 0 unspecified atom stereocenters. The van der Waals surface area contributed by atoms with Gasteiger partial charge in [0.2, 0.25) is 0 Å². The van der Waals surface area contributed by atoms with Gasteiger partial charge >= 0.3 is 0 Å². The van der Waals surface area contributed by atoms with Gasteiger partial charge in [-0.2, -0.15) is 0 Å². The lowest BCUT2D eigenvalue weighted by Crippen LogP contribution is -2.37. The van der Waals surface area contributed by atoms with Crippen LogP contribution in [0, 0.1) is 0 Å². The molecule has 4 heteroatoms. The van der Waals surface area contributed by atoms with E-state index in [2.05, 4.69) is 4.90 Å². The Kier molecular flexibility index (Phi) is 8.42. The Hall–Kier alpha value is -0.940. The van der Waals surface area contributed by atoms with Crippen molar-refractivity contribution >= 4 is 0 Å². The lowest BCUT2D eigenvalue weighted by molar-refractivity contribution is 0.0377. The fraction of sp³-hybridized carbons (Fsp3) is 0.571. The summed E-state index contributed by atoms with van der Waals surface area (Å²) in [6, 6.07) is 9.99. The second kappa shape index (κ2) is 10.0. The number of nitrogens with two attached hydrogens (primary N) is 2. The van der Waals surface area contributed by atoms with E-state index in [1.165, 1.54) is 5.56 Å². The maximum atomic E-state index is 5.39. The Morgan fingerprint density at radius 2 is 1.72 bits per heavy atom. The Morgan fingerprint density at radius 1 is 1.06 bits per heavy atom. The highest BCUT2D eigenvalue weighted by Gasteiger charge is 2.07. The van der Waals surface area contributed by atoms with Gasteiger partial charge in [0.1, 0.15) is 0 Å². The minimum Gasteiger partial charge on any atom is -0.379 e. The first-order valence-electron chi connectivity index (χ1n) is 6.61. The Morgan fingerprint density at radius 3 is 2.22 bits per heavy atom. The molecule has 1 aliphatic rings. The first kappa shape index (κ1) is 15.1. The van der Waals surface area contributed by atoms with Crippen molar-refractivity contribution in [2.75, 3.05) is 39.4 Å². The summed E-state index contributed by atoms with van der Waals surface area (Å²) >= 11 is 0. The van der Waals surface area contributed by atoms with E-state index in [0.29, 0.717) is 6.54 Å². The van der Waals surface area contributed by atoms with Crippen molar-refractivity contribution in [2.24, 2.45) is 11.5 Å². The van der Waals surface area contributed by atoms with Crippen LogP contribution in [0.2, 0.25) is 0 Å². The summed E-state index contributed by atoms with van der Waals surface area (Å²) in [5.74, 6) is 0. The average molecular weight is 251 g/mol. The zero-order valence-electron chi connectivity index (χ0n) is 11.1. The summed E-state index contributed by atoms with van der Waals surface area (Å²) in [7, 11) is 0. The number of morpholine rings is 1. The Labute approximate surface area is 110 Å². The van der Waals surface area contributed by atoms with E-state index in [1.54, 1.807) is 0 Å². The molecule has 1 fully saturated rings. The van der Waals surface area contributed by atoms with E-state index in [4.69, 9.17) is 16.2 Å². The normalized spacial score (nSPS) is 15.9. The molecule has 0 amide bonds. The number of ether oxygens (including phenoxy) is 1. The highest BCUT2D eigenvalue weighted by Crippen LogP contribution is 1.96. The molecular weight excluding hydrogens is 226 g/mol. The number of hydrogen-bond donors (Lipinski definition) is 2. The topological polar surface area (TPSA) is 64.5 Å². The zero-order valence-corrected chi connectivity index (χ0v) is 11.1. The van der Waals surface area contributed by atoms with Crippen molar-refractivity contribution in [3.63, 3.8) is 0 Å². The third-order valence-electron chi connectivity index (χ3n) is 2.86. The summed E-state index contributed by atoms with van der Waals surface area (Å²) in [6.07, 6.45) is 1.11. The van der Waals surface area contributed by atoms with Crippen LogP contribution in [0.5, 0.6) is 0 Å². The van der Waals surface area contributed by atoms with Crippen molar-refractivity contribution < 1.29 is 4.74 Å². The monoisotopic (exact) mass is 251 g/mol. The lowest BCUT2D eigenvalue weighted by atomic mass is 10.2. The molecule has 0 aliphatic carbocycles. The summed E-state index contributed by atoms with van der Waals surface area (Å²) in [4.78, 5) is 2.40. The van der Waals surface area contributed by atoms with E-state index in [9.17, 15) is 0 Å². The van der Waals surface area contributed by atoms with Crippen LogP contribution >= 0.6 is 0 Å². The van der Waals surface area contributed by atoms with Crippen molar-refractivity contribution in [3.8, 4) is 0 Å². The molecule has 1 aliphatic heterocycles. The highest BCUT2D eigenvalue weighted by atomic mass is 16.5. The number of rotatable bonds is 4. The smallest absolute Gasteiger partial charge is 0.0594 e. The van der Waals surface area contributed by atoms with E-state index in [-0.39, 0.29) is 0 Å². The largest absolute Gasteiger partial charge is 0.379 e.